The number of hydrogen-bond acceptors (Lipinski definition) is 4. The molecule has 1 N–H and O–H groups in total. The highest BCUT2D eigenvalue weighted by Crippen LogP contribution is 2.34. The number of nitrogens with zero attached hydrogens (tertiary/aromatic N) is 1. The molecule has 1 aromatic carbocycles. The van der Waals surface area contributed by atoms with Crippen molar-refractivity contribution in [1.29, 1.82) is 0 Å². The van der Waals surface area contributed by atoms with Gasteiger partial charge in [-0.15, -0.1) is 11.3 Å². The van der Waals surface area contributed by atoms with Crippen molar-refractivity contribution in [1.82, 2.24) is 10.3 Å². The third-order valence-electron chi connectivity index (χ3n) is 2.94. The summed E-state index contributed by atoms with van der Waals surface area (Å²) in [5.41, 5.74) is 2.23. The Balaban J connectivity index is 2.48. The van der Waals surface area contributed by atoms with Gasteiger partial charge in [0.05, 0.1) is 23.9 Å². The fraction of sp³-hybridized carbons (Fsp3) is 0.357. The van der Waals surface area contributed by atoms with E-state index in [1.807, 2.05) is 32.2 Å². The highest BCUT2D eigenvalue weighted by Gasteiger charge is 2.20. The summed E-state index contributed by atoms with van der Waals surface area (Å²) in [5, 5.41) is 4.45. The maximum atomic E-state index is 5.44. The number of aromatic nitrogens is 1. The van der Waals surface area contributed by atoms with Crippen molar-refractivity contribution in [3.05, 3.63) is 45.4 Å². The predicted octanol–water partition coefficient (Wildman–Crippen LogP) is 3.08. The molecule has 18 heavy (non-hydrogen) atoms. The van der Waals surface area contributed by atoms with E-state index in [0.29, 0.717) is 0 Å². The maximum absolute atomic E-state index is 5.44. The molecule has 0 aliphatic carbocycles. The van der Waals surface area contributed by atoms with Crippen LogP contribution in [0.2, 0.25) is 0 Å². The Bertz CT molecular complexity index is 536. The highest BCUT2D eigenvalue weighted by atomic mass is 32.1. The zero-order valence-electron chi connectivity index (χ0n) is 11.2. The van der Waals surface area contributed by atoms with Crippen LogP contribution in [-0.4, -0.2) is 19.1 Å². The Morgan fingerprint density at radius 2 is 2.00 bits per heavy atom. The zero-order valence-corrected chi connectivity index (χ0v) is 12.0. The van der Waals surface area contributed by atoms with Gasteiger partial charge in [0.15, 0.2) is 0 Å². The molecule has 0 aliphatic rings. The van der Waals surface area contributed by atoms with Crippen LogP contribution < -0.4 is 10.1 Å². The summed E-state index contributed by atoms with van der Waals surface area (Å²) >= 11 is 1.73. The van der Waals surface area contributed by atoms with E-state index in [2.05, 4.69) is 23.3 Å². The van der Waals surface area contributed by atoms with Crippen LogP contribution in [0.1, 0.15) is 27.2 Å². The van der Waals surface area contributed by atoms with E-state index in [9.17, 15) is 0 Å². The molecule has 0 saturated heterocycles. The van der Waals surface area contributed by atoms with Gasteiger partial charge in [0, 0.05) is 10.4 Å². The third-order valence-corrected chi connectivity index (χ3v) is 4.08. The molecule has 1 unspecified atom stereocenters. The molecular weight excluding hydrogens is 244 g/mol. The van der Waals surface area contributed by atoms with E-state index in [4.69, 9.17) is 4.74 Å². The van der Waals surface area contributed by atoms with Gasteiger partial charge in [-0.25, -0.2) is 4.98 Å². The fourth-order valence-corrected chi connectivity index (χ4v) is 3.20. The number of para-hydroxylation sites is 1. The van der Waals surface area contributed by atoms with E-state index in [1.165, 1.54) is 4.88 Å². The van der Waals surface area contributed by atoms with E-state index >= 15 is 0 Å². The Kier molecular flexibility index (Phi) is 3.99. The van der Waals surface area contributed by atoms with Crippen molar-refractivity contribution in [3.8, 4) is 5.75 Å². The fourth-order valence-electron chi connectivity index (χ4n) is 2.15. The first-order chi connectivity index (χ1) is 8.67. The standard InChI is InChI=1S/C14H18N2OS/c1-9-14(18-10(2)16-9)13(15-3)11-7-5-6-8-12(11)17-4/h5-8,13,15H,1-4H3. The Morgan fingerprint density at radius 1 is 1.28 bits per heavy atom. The van der Waals surface area contributed by atoms with Crippen LogP contribution in [-0.2, 0) is 0 Å². The lowest BCUT2D eigenvalue weighted by atomic mass is 10.0. The molecule has 2 rings (SSSR count). The van der Waals surface area contributed by atoms with E-state index in [0.717, 1.165) is 22.0 Å². The molecule has 1 aromatic heterocycles. The van der Waals surface area contributed by atoms with Crippen LogP contribution in [0.3, 0.4) is 0 Å². The molecule has 0 amide bonds. The van der Waals surface area contributed by atoms with Gasteiger partial charge >= 0.3 is 0 Å². The first-order valence-corrected chi connectivity index (χ1v) is 6.73. The van der Waals surface area contributed by atoms with Crippen LogP contribution >= 0.6 is 11.3 Å². The lowest BCUT2D eigenvalue weighted by Gasteiger charge is -2.18. The van der Waals surface area contributed by atoms with Gasteiger partial charge in [-0.2, -0.15) is 0 Å². The van der Waals surface area contributed by atoms with E-state index in [1.54, 1.807) is 18.4 Å². The minimum Gasteiger partial charge on any atom is -0.496 e. The molecule has 0 radical (unpaired) electrons. The second-order valence-corrected chi connectivity index (χ2v) is 5.38. The highest BCUT2D eigenvalue weighted by molar-refractivity contribution is 7.11. The number of benzene rings is 1. The monoisotopic (exact) mass is 262 g/mol. The zero-order chi connectivity index (χ0) is 13.1. The molecule has 1 heterocycles. The summed E-state index contributed by atoms with van der Waals surface area (Å²) in [4.78, 5) is 5.75. The Labute approximate surface area is 112 Å². The largest absolute Gasteiger partial charge is 0.496 e. The molecule has 3 nitrogen and oxygen atoms in total. The SMILES string of the molecule is CNC(c1ccccc1OC)c1sc(C)nc1C. The van der Waals surface area contributed by atoms with Crippen LogP contribution in [0.25, 0.3) is 0 Å². The van der Waals surface area contributed by atoms with Crippen LogP contribution in [0.4, 0.5) is 0 Å². The van der Waals surface area contributed by atoms with Gasteiger partial charge in [0.25, 0.3) is 0 Å². The minimum absolute atomic E-state index is 0.132. The second kappa shape index (κ2) is 5.50. The van der Waals surface area contributed by atoms with Crippen molar-refractivity contribution >= 4 is 11.3 Å². The molecule has 0 bridgehead atoms. The average molecular weight is 262 g/mol. The summed E-state index contributed by atoms with van der Waals surface area (Å²) in [6.45, 7) is 4.09. The number of aryl methyl sites for hydroxylation is 2. The molecule has 0 spiro atoms. The minimum atomic E-state index is 0.132. The van der Waals surface area contributed by atoms with Crippen molar-refractivity contribution < 1.29 is 4.74 Å². The van der Waals surface area contributed by atoms with Gasteiger partial charge in [-0.1, -0.05) is 18.2 Å². The molecule has 2 aromatic rings. The summed E-state index contributed by atoms with van der Waals surface area (Å²) < 4.78 is 5.44. The number of ether oxygens (including phenoxy) is 1. The predicted molar refractivity (Wildman–Crippen MR) is 75.5 cm³/mol. The normalized spacial score (nSPS) is 12.4. The van der Waals surface area contributed by atoms with Crippen LogP contribution in [0, 0.1) is 13.8 Å². The summed E-state index contributed by atoms with van der Waals surface area (Å²) in [7, 11) is 3.67. The van der Waals surface area contributed by atoms with Gasteiger partial charge in [0.2, 0.25) is 0 Å². The Hall–Kier alpha value is -1.39. The smallest absolute Gasteiger partial charge is 0.124 e. The first-order valence-electron chi connectivity index (χ1n) is 5.91. The van der Waals surface area contributed by atoms with Gasteiger partial charge < -0.3 is 10.1 Å². The molecule has 0 saturated carbocycles. The second-order valence-electron chi connectivity index (χ2n) is 4.15. The number of rotatable bonds is 4. The maximum Gasteiger partial charge on any atom is 0.124 e. The molecule has 1 atom stereocenters. The van der Waals surface area contributed by atoms with Gasteiger partial charge in [0.1, 0.15) is 5.75 Å². The summed E-state index contributed by atoms with van der Waals surface area (Å²) in [5.74, 6) is 0.905. The third kappa shape index (κ3) is 2.40. The van der Waals surface area contributed by atoms with Crippen LogP contribution in [0.5, 0.6) is 5.75 Å². The van der Waals surface area contributed by atoms with Crippen molar-refractivity contribution in [2.45, 2.75) is 19.9 Å². The van der Waals surface area contributed by atoms with E-state index in [-0.39, 0.29) is 6.04 Å². The first kappa shape index (κ1) is 13.1. The lowest BCUT2D eigenvalue weighted by molar-refractivity contribution is 0.405. The lowest BCUT2D eigenvalue weighted by Crippen LogP contribution is -2.18. The number of thiazole rings is 1. The van der Waals surface area contributed by atoms with Gasteiger partial charge in [-0.05, 0) is 27.0 Å². The summed E-state index contributed by atoms with van der Waals surface area (Å²) in [6.07, 6.45) is 0. The average Bonchev–Trinajstić information content (AvgIpc) is 2.70. The quantitative estimate of drug-likeness (QED) is 0.919. The van der Waals surface area contributed by atoms with Gasteiger partial charge in [-0.3, -0.25) is 0 Å². The summed E-state index contributed by atoms with van der Waals surface area (Å²) in [6, 6.07) is 8.23. The molecule has 96 valence electrons. The van der Waals surface area contributed by atoms with Crippen molar-refractivity contribution in [2.75, 3.05) is 14.2 Å². The Morgan fingerprint density at radius 3 is 2.56 bits per heavy atom. The van der Waals surface area contributed by atoms with Crippen molar-refractivity contribution in [3.63, 3.8) is 0 Å². The number of hydrogen-bond donors (Lipinski definition) is 1. The number of methoxy groups -OCH3 is 1. The molecule has 4 heteroatoms. The van der Waals surface area contributed by atoms with Crippen molar-refractivity contribution in [2.24, 2.45) is 0 Å². The van der Waals surface area contributed by atoms with Crippen LogP contribution in [0.15, 0.2) is 24.3 Å². The molecule has 0 fully saturated rings. The topological polar surface area (TPSA) is 34.1 Å². The number of nitrogens with one attached hydrogen (secondary N) is 1. The van der Waals surface area contributed by atoms with E-state index < -0.39 is 0 Å². The molecular formula is C14H18N2OS. The molecule has 0 aliphatic heterocycles.